The predicted molar refractivity (Wildman–Crippen MR) is 83.8 cm³/mol. The van der Waals surface area contributed by atoms with Crippen LogP contribution in [0.4, 0.5) is 0 Å². The molecule has 2 rings (SSSR count). The Labute approximate surface area is 135 Å². The van der Waals surface area contributed by atoms with Crippen molar-refractivity contribution < 1.29 is 23.8 Å². The molecule has 126 valence electrons. The largest absolute Gasteiger partial charge is 0.503 e. The highest BCUT2D eigenvalue weighted by Crippen LogP contribution is 2.38. The summed E-state index contributed by atoms with van der Waals surface area (Å²) >= 11 is 0. The molecule has 0 aromatic carbocycles. The Bertz CT molecular complexity index is 588. The standard InChI is InChI=1S/C17H23NO5/c1-4-12(19)14-15(13-7-5-9-23-13)18(17(21)16(14)20)8-6-10-22-11(2)3/h5,7,9,11,15,20H,4,6,8,10H2,1-3H3. The van der Waals surface area contributed by atoms with Crippen LogP contribution in [-0.4, -0.2) is 41.0 Å². The maximum absolute atomic E-state index is 12.4. The first-order chi connectivity index (χ1) is 11.0. The number of ketones is 1. The Hall–Kier alpha value is -2.08. The molecule has 1 aromatic rings. The van der Waals surface area contributed by atoms with E-state index in [1.54, 1.807) is 19.1 Å². The number of Topliss-reactive ketones (excluding diaryl/α,β-unsaturated/α-hetero) is 1. The van der Waals surface area contributed by atoms with Gasteiger partial charge in [0.15, 0.2) is 11.5 Å². The SMILES string of the molecule is CCC(=O)C1=C(O)C(=O)N(CCCOC(C)C)C1c1ccco1. The normalized spacial score (nSPS) is 18.3. The van der Waals surface area contributed by atoms with Gasteiger partial charge in [-0.3, -0.25) is 9.59 Å². The summed E-state index contributed by atoms with van der Waals surface area (Å²) in [6.07, 6.45) is 2.44. The van der Waals surface area contributed by atoms with Crippen LogP contribution in [0.5, 0.6) is 0 Å². The minimum absolute atomic E-state index is 0.119. The van der Waals surface area contributed by atoms with Crippen LogP contribution in [0.15, 0.2) is 34.1 Å². The van der Waals surface area contributed by atoms with Crippen molar-refractivity contribution >= 4 is 11.7 Å². The fourth-order valence-corrected chi connectivity index (χ4v) is 2.66. The van der Waals surface area contributed by atoms with E-state index in [9.17, 15) is 14.7 Å². The molecule has 0 saturated heterocycles. The van der Waals surface area contributed by atoms with Crippen LogP contribution in [-0.2, 0) is 14.3 Å². The van der Waals surface area contributed by atoms with Crippen LogP contribution in [0.1, 0.15) is 45.4 Å². The molecular formula is C17H23NO5. The molecule has 1 atom stereocenters. The van der Waals surface area contributed by atoms with Crippen molar-refractivity contribution in [3.63, 3.8) is 0 Å². The fraction of sp³-hybridized carbons (Fsp3) is 0.529. The summed E-state index contributed by atoms with van der Waals surface area (Å²) in [5.41, 5.74) is 0.122. The number of aliphatic hydroxyl groups excluding tert-OH is 1. The molecule has 0 fully saturated rings. The molecule has 0 bridgehead atoms. The van der Waals surface area contributed by atoms with Gasteiger partial charge < -0.3 is 19.2 Å². The Kier molecular flexibility index (Phi) is 5.60. The van der Waals surface area contributed by atoms with Crippen molar-refractivity contribution in [3.05, 3.63) is 35.5 Å². The van der Waals surface area contributed by atoms with E-state index < -0.39 is 17.7 Å². The van der Waals surface area contributed by atoms with Gasteiger partial charge in [-0.05, 0) is 32.4 Å². The van der Waals surface area contributed by atoms with Crippen molar-refractivity contribution in [2.75, 3.05) is 13.2 Å². The third-order valence-corrected chi connectivity index (χ3v) is 3.73. The molecule has 0 aliphatic carbocycles. The molecule has 0 saturated carbocycles. The molecule has 6 nitrogen and oxygen atoms in total. The van der Waals surface area contributed by atoms with Gasteiger partial charge in [0.1, 0.15) is 11.8 Å². The van der Waals surface area contributed by atoms with Gasteiger partial charge in [0.05, 0.1) is 17.9 Å². The lowest BCUT2D eigenvalue weighted by Gasteiger charge is -2.24. The molecule has 0 spiro atoms. The lowest BCUT2D eigenvalue weighted by Crippen LogP contribution is -2.32. The second kappa shape index (κ2) is 7.46. The van der Waals surface area contributed by atoms with Crippen LogP contribution < -0.4 is 0 Å². The molecule has 1 N–H and O–H groups in total. The molecule has 2 heterocycles. The maximum Gasteiger partial charge on any atom is 0.290 e. The number of hydrogen-bond donors (Lipinski definition) is 1. The van der Waals surface area contributed by atoms with Gasteiger partial charge in [-0.15, -0.1) is 0 Å². The summed E-state index contributed by atoms with van der Waals surface area (Å²) in [7, 11) is 0. The lowest BCUT2D eigenvalue weighted by atomic mass is 10.00. The van der Waals surface area contributed by atoms with E-state index in [-0.39, 0.29) is 23.9 Å². The van der Waals surface area contributed by atoms with Gasteiger partial charge in [0, 0.05) is 19.6 Å². The monoisotopic (exact) mass is 321 g/mol. The number of rotatable bonds is 8. The van der Waals surface area contributed by atoms with E-state index in [1.807, 2.05) is 13.8 Å². The number of aliphatic hydroxyl groups is 1. The van der Waals surface area contributed by atoms with Gasteiger partial charge in [0.25, 0.3) is 5.91 Å². The second-order valence-corrected chi connectivity index (χ2v) is 5.73. The fourth-order valence-electron chi connectivity index (χ4n) is 2.66. The highest BCUT2D eigenvalue weighted by molar-refractivity contribution is 6.08. The van der Waals surface area contributed by atoms with Crippen LogP contribution >= 0.6 is 0 Å². The average molecular weight is 321 g/mol. The van der Waals surface area contributed by atoms with Crippen LogP contribution in [0.25, 0.3) is 0 Å². The summed E-state index contributed by atoms with van der Waals surface area (Å²) in [5.74, 6) is -0.780. The van der Waals surface area contributed by atoms with Crippen molar-refractivity contribution in [1.29, 1.82) is 0 Å². The van der Waals surface area contributed by atoms with Crippen molar-refractivity contribution in [3.8, 4) is 0 Å². The first kappa shape index (κ1) is 17.3. The number of furan rings is 1. The number of nitrogens with zero attached hydrogens (tertiary/aromatic N) is 1. The quantitative estimate of drug-likeness (QED) is 0.745. The maximum atomic E-state index is 12.4. The van der Waals surface area contributed by atoms with E-state index in [4.69, 9.17) is 9.15 Å². The number of ether oxygens (including phenoxy) is 1. The summed E-state index contributed by atoms with van der Waals surface area (Å²) < 4.78 is 10.9. The molecule has 23 heavy (non-hydrogen) atoms. The average Bonchev–Trinajstić information content (AvgIpc) is 3.12. The highest BCUT2D eigenvalue weighted by atomic mass is 16.5. The van der Waals surface area contributed by atoms with Gasteiger partial charge in [0.2, 0.25) is 0 Å². The van der Waals surface area contributed by atoms with Gasteiger partial charge in [-0.25, -0.2) is 0 Å². The molecule has 1 amide bonds. The summed E-state index contributed by atoms with van der Waals surface area (Å²) in [6.45, 7) is 6.47. The zero-order valence-corrected chi connectivity index (χ0v) is 13.7. The molecule has 1 aliphatic rings. The Morgan fingerprint density at radius 1 is 1.48 bits per heavy atom. The van der Waals surface area contributed by atoms with Gasteiger partial charge in [-0.1, -0.05) is 6.92 Å². The minimum atomic E-state index is -0.663. The molecule has 6 heteroatoms. The van der Waals surface area contributed by atoms with E-state index in [0.717, 1.165) is 0 Å². The first-order valence-electron chi connectivity index (χ1n) is 7.89. The van der Waals surface area contributed by atoms with E-state index in [2.05, 4.69) is 0 Å². The van der Waals surface area contributed by atoms with E-state index in [1.165, 1.54) is 11.2 Å². The van der Waals surface area contributed by atoms with Crippen molar-refractivity contribution in [1.82, 2.24) is 4.90 Å². The Morgan fingerprint density at radius 3 is 2.78 bits per heavy atom. The topological polar surface area (TPSA) is 80.0 Å². The zero-order chi connectivity index (χ0) is 17.0. The third-order valence-electron chi connectivity index (χ3n) is 3.73. The van der Waals surface area contributed by atoms with E-state index >= 15 is 0 Å². The highest BCUT2D eigenvalue weighted by Gasteiger charge is 2.43. The van der Waals surface area contributed by atoms with Crippen molar-refractivity contribution in [2.45, 2.75) is 45.8 Å². The minimum Gasteiger partial charge on any atom is -0.503 e. The predicted octanol–water partition coefficient (Wildman–Crippen LogP) is 2.77. The van der Waals surface area contributed by atoms with Gasteiger partial charge in [-0.2, -0.15) is 0 Å². The third kappa shape index (κ3) is 3.64. The summed E-state index contributed by atoms with van der Waals surface area (Å²) in [5, 5.41) is 10.1. The Balaban J connectivity index is 2.21. The molecule has 0 radical (unpaired) electrons. The van der Waals surface area contributed by atoms with E-state index in [0.29, 0.717) is 25.3 Å². The Morgan fingerprint density at radius 2 is 2.22 bits per heavy atom. The van der Waals surface area contributed by atoms with Crippen LogP contribution in [0, 0.1) is 0 Å². The first-order valence-corrected chi connectivity index (χ1v) is 7.89. The number of hydrogen-bond acceptors (Lipinski definition) is 5. The molecular weight excluding hydrogens is 298 g/mol. The van der Waals surface area contributed by atoms with Gasteiger partial charge >= 0.3 is 0 Å². The number of carbonyl (C=O) groups is 2. The number of carbonyl (C=O) groups excluding carboxylic acids is 2. The molecule has 1 unspecified atom stereocenters. The zero-order valence-electron chi connectivity index (χ0n) is 13.7. The van der Waals surface area contributed by atoms with Crippen molar-refractivity contribution in [2.24, 2.45) is 0 Å². The van der Waals surface area contributed by atoms with Crippen LogP contribution in [0.3, 0.4) is 0 Å². The smallest absolute Gasteiger partial charge is 0.290 e. The lowest BCUT2D eigenvalue weighted by molar-refractivity contribution is -0.129. The summed E-state index contributed by atoms with van der Waals surface area (Å²) in [6, 6.07) is 2.74. The molecule has 1 aliphatic heterocycles. The van der Waals surface area contributed by atoms with Crippen LogP contribution in [0.2, 0.25) is 0 Å². The number of amides is 1. The molecule has 1 aromatic heterocycles. The second-order valence-electron chi connectivity index (χ2n) is 5.73. The summed E-state index contributed by atoms with van der Waals surface area (Å²) in [4.78, 5) is 26.0.